The average molecular weight is 415 g/mol. The third kappa shape index (κ3) is 4.23. The van der Waals surface area contributed by atoms with E-state index < -0.39 is 6.04 Å². The molecule has 0 saturated carbocycles. The van der Waals surface area contributed by atoms with Crippen LogP contribution in [0.2, 0.25) is 5.02 Å². The van der Waals surface area contributed by atoms with Crippen molar-refractivity contribution in [3.63, 3.8) is 0 Å². The van der Waals surface area contributed by atoms with Crippen LogP contribution in [0.1, 0.15) is 22.3 Å². The number of halogens is 1. The Morgan fingerprint density at radius 3 is 2.90 bits per heavy atom. The molecule has 1 N–H and O–H groups in total. The van der Waals surface area contributed by atoms with Crippen molar-refractivity contribution in [3.05, 3.63) is 63.7 Å². The maximum absolute atomic E-state index is 12.8. The first-order valence-electron chi connectivity index (χ1n) is 9.68. The molecule has 2 aliphatic heterocycles. The maximum atomic E-state index is 12.8. The van der Waals surface area contributed by atoms with Gasteiger partial charge in [-0.25, -0.2) is 4.79 Å². The van der Waals surface area contributed by atoms with Gasteiger partial charge in [-0.1, -0.05) is 35.9 Å². The highest BCUT2D eigenvalue weighted by molar-refractivity contribution is 6.30. The number of nitrogens with zero attached hydrogens (tertiary/aromatic N) is 1. The van der Waals surface area contributed by atoms with Crippen LogP contribution in [-0.2, 0) is 35.4 Å². The van der Waals surface area contributed by atoms with E-state index >= 15 is 0 Å². The van der Waals surface area contributed by atoms with E-state index in [9.17, 15) is 9.59 Å². The number of nitrogens with one attached hydrogen (secondary N) is 1. The fourth-order valence-electron chi connectivity index (χ4n) is 3.85. The molecule has 2 aromatic carbocycles. The molecule has 0 radical (unpaired) electrons. The highest BCUT2D eigenvalue weighted by Crippen LogP contribution is 2.26. The molecular weight excluding hydrogens is 392 g/mol. The van der Waals surface area contributed by atoms with Crippen LogP contribution < -0.4 is 10.1 Å². The lowest BCUT2D eigenvalue weighted by atomic mass is 9.99. The molecule has 6 nitrogen and oxygen atoms in total. The predicted molar refractivity (Wildman–Crippen MR) is 109 cm³/mol. The van der Waals surface area contributed by atoms with Crippen LogP contribution in [0, 0.1) is 0 Å². The number of benzene rings is 2. The number of rotatable bonds is 6. The summed E-state index contributed by atoms with van der Waals surface area (Å²) in [5.41, 5.74) is 4.43. The summed E-state index contributed by atoms with van der Waals surface area (Å²) in [5, 5.41) is 3.34. The van der Waals surface area contributed by atoms with Crippen LogP contribution in [0.4, 0.5) is 4.79 Å². The molecule has 29 heavy (non-hydrogen) atoms. The largest absolute Gasteiger partial charge is 0.496 e. The Morgan fingerprint density at radius 1 is 1.21 bits per heavy atom. The van der Waals surface area contributed by atoms with E-state index in [-0.39, 0.29) is 11.9 Å². The number of carbonyl (C=O) groups excluding carboxylic acids is 2. The zero-order chi connectivity index (χ0) is 20.4. The van der Waals surface area contributed by atoms with Gasteiger partial charge in [0, 0.05) is 18.0 Å². The first kappa shape index (κ1) is 19.7. The Labute approximate surface area is 174 Å². The van der Waals surface area contributed by atoms with Crippen LogP contribution in [-0.4, -0.2) is 43.1 Å². The van der Waals surface area contributed by atoms with E-state index in [1.54, 1.807) is 19.2 Å². The summed E-state index contributed by atoms with van der Waals surface area (Å²) in [7, 11) is 1.56. The van der Waals surface area contributed by atoms with E-state index in [1.807, 2.05) is 6.07 Å². The number of fused-ring (bicyclic) bond motifs is 1. The number of ether oxygens (including phenoxy) is 2. The molecule has 3 amide bonds. The molecule has 7 heteroatoms. The van der Waals surface area contributed by atoms with Crippen LogP contribution in [0.15, 0.2) is 36.4 Å². The second kappa shape index (κ2) is 8.43. The summed E-state index contributed by atoms with van der Waals surface area (Å²) >= 11 is 6.00. The van der Waals surface area contributed by atoms with Gasteiger partial charge in [-0.3, -0.25) is 9.69 Å². The minimum Gasteiger partial charge on any atom is -0.496 e. The normalized spacial score (nSPS) is 18.6. The molecule has 2 aliphatic rings. The molecule has 1 saturated heterocycles. The Morgan fingerprint density at radius 2 is 2.07 bits per heavy atom. The van der Waals surface area contributed by atoms with E-state index in [0.717, 1.165) is 24.2 Å². The average Bonchev–Trinajstić information content (AvgIpc) is 3.00. The summed E-state index contributed by atoms with van der Waals surface area (Å²) in [6.45, 7) is 1.73. The number of methoxy groups -OCH3 is 1. The SMILES string of the molecule is COc1cc(Cl)ccc1CC1NC(=O)N(CCc2ccc3c(c2)COCC3)C1=O. The van der Waals surface area contributed by atoms with E-state index in [1.165, 1.54) is 16.0 Å². The maximum Gasteiger partial charge on any atom is 0.324 e. The first-order valence-corrected chi connectivity index (χ1v) is 10.1. The molecule has 0 aliphatic carbocycles. The fourth-order valence-corrected chi connectivity index (χ4v) is 4.01. The van der Waals surface area contributed by atoms with Gasteiger partial charge in [0.15, 0.2) is 0 Å². The van der Waals surface area contributed by atoms with Crippen LogP contribution in [0.3, 0.4) is 0 Å². The topological polar surface area (TPSA) is 67.9 Å². The molecule has 2 aromatic rings. The van der Waals surface area contributed by atoms with Crippen molar-refractivity contribution >= 4 is 23.5 Å². The standard InChI is InChI=1S/C22H23ClN2O4/c1-28-20-12-18(23)5-4-16(20)11-19-21(26)25(22(27)24-19)8-6-14-2-3-15-7-9-29-13-17(15)10-14/h2-5,10,12,19H,6-9,11,13H2,1H3,(H,24,27). The van der Waals surface area contributed by atoms with Gasteiger partial charge in [0.1, 0.15) is 11.8 Å². The van der Waals surface area contributed by atoms with Gasteiger partial charge in [0.05, 0.1) is 20.3 Å². The number of hydrogen-bond acceptors (Lipinski definition) is 4. The van der Waals surface area contributed by atoms with Crippen molar-refractivity contribution in [2.75, 3.05) is 20.3 Å². The molecule has 0 spiro atoms. The van der Waals surface area contributed by atoms with Gasteiger partial charge in [0.25, 0.3) is 5.91 Å². The Bertz CT molecular complexity index is 946. The predicted octanol–water partition coefficient (Wildman–Crippen LogP) is 3.13. The van der Waals surface area contributed by atoms with Gasteiger partial charge in [0.2, 0.25) is 0 Å². The van der Waals surface area contributed by atoms with E-state index in [0.29, 0.717) is 36.8 Å². The molecule has 152 valence electrons. The summed E-state index contributed by atoms with van der Waals surface area (Å²) in [4.78, 5) is 26.5. The smallest absolute Gasteiger partial charge is 0.324 e. The van der Waals surface area contributed by atoms with Crippen molar-refractivity contribution in [2.45, 2.75) is 31.9 Å². The molecule has 1 fully saturated rings. The molecule has 1 atom stereocenters. The molecular formula is C22H23ClN2O4. The summed E-state index contributed by atoms with van der Waals surface area (Å²) in [6.07, 6.45) is 1.90. The van der Waals surface area contributed by atoms with Crippen LogP contribution in [0.25, 0.3) is 0 Å². The Hall–Kier alpha value is -2.57. The van der Waals surface area contributed by atoms with Crippen molar-refractivity contribution < 1.29 is 19.1 Å². The number of urea groups is 1. The molecule has 0 bridgehead atoms. The Kier molecular flexibility index (Phi) is 5.74. The summed E-state index contributed by atoms with van der Waals surface area (Å²) in [5.74, 6) is 0.391. The second-order valence-electron chi connectivity index (χ2n) is 7.31. The summed E-state index contributed by atoms with van der Waals surface area (Å²) in [6, 6.07) is 10.6. The van der Waals surface area contributed by atoms with Crippen molar-refractivity contribution in [1.29, 1.82) is 0 Å². The highest BCUT2D eigenvalue weighted by Gasteiger charge is 2.38. The lowest BCUT2D eigenvalue weighted by molar-refractivity contribution is -0.127. The Balaban J connectivity index is 1.41. The van der Waals surface area contributed by atoms with Crippen molar-refractivity contribution in [2.24, 2.45) is 0 Å². The second-order valence-corrected chi connectivity index (χ2v) is 7.74. The third-order valence-electron chi connectivity index (χ3n) is 5.45. The highest BCUT2D eigenvalue weighted by atomic mass is 35.5. The quantitative estimate of drug-likeness (QED) is 0.737. The van der Waals surface area contributed by atoms with Crippen LogP contribution in [0.5, 0.6) is 5.75 Å². The third-order valence-corrected chi connectivity index (χ3v) is 5.68. The number of carbonyl (C=O) groups is 2. The van der Waals surface area contributed by atoms with Gasteiger partial charge in [-0.15, -0.1) is 0 Å². The minimum absolute atomic E-state index is 0.215. The molecule has 0 aromatic heterocycles. The fraction of sp³-hybridized carbons (Fsp3) is 0.364. The minimum atomic E-state index is -0.602. The van der Waals surface area contributed by atoms with Gasteiger partial charge in [-0.2, -0.15) is 0 Å². The van der Waals surface area contributed by atoms with Crippen molar-refractivity contribution in [3.8, 4) is 5.75 Å². The van der Waals surface area contributed by atoms with Gasteiger partial charge < -0.3 is 14.8 Å². The lowest BCUT2D eigenvalue weighted by Gasteiger charge is -2.18. The summed E-state index contributed by atoms with van der Waals surface area (Å²) < 4.78 is 10.9. The molecule has 2 heterocycles. The zero-order valence-corrected chi connectivity index (χ0v) is 17.0. The van der Waals surface area contributed by atoms with Crippen LogP contribution >= 0.6 is 11.6 Å². The molecule has 1 unspecified atom stereocenters. The van der Waals surface area contributed by atoms with Gasteiger partial charge >= 0.3 is 6.03 Å². The first-order chi connectivity index (χ1) is 14.0. The monoisotopic (exact) mass is 414 g/mol. The number of hydrogen-bond donors (Lipinski definition) is 1. The molecule has 4 rings (SSSR count). The van der Waals surface area contributed by atoms with Crippen molar-refractivity contribution in [1.82, 2.24) is 10.2 Å². The van der Waals surface area contributed by atoms with E-state index in [4.69, 9.17) is 21.1 Å². The number of amides is 3. The van der Waals surface area contributed by atoms with E-state index in [2.05, 4.69) is 23.5 Å². The zero-order valence-electron chi connectivity index (χ0n) is 16.2. The number of imide groups is 1. The van der Waals surface area contributed by atoms with Gasteiger partial charge in [-0.05, 0) is 47.2 Å². The lowest BCUT2D eigenvalue weighted by Crippen LogP contribution is -2.34.